The second kappa shape index (κ2) is 5.18. The Bertz CT molecular complexity index is 621. The van der Waals surface area contributed by atoms with Crippen molar-refractivity contribution in [1.82, 2.24) is 4.98 Å². The lowest BCUT2D eigenvalue weighted by molar-refractivity contribution is -0.147. The third kappa shape index (κ3) is 2.57. The molecular weight excluding hydrogens is 234 g/mol. The molecule has 2 rings (SSSR count). The molecule has 5 heteroatoms. The van der Waals surface area contributed by atoms with Crippen molar-refractivity contribution in [3.8, 4) is 5.88 Å². The molecule has 0 radical (unpaired) electrons. The van der Waals surface area contributed by atoms with Crippen LogP contribution in [0.4, 0.5) is 0 Å². The summed E-state index contributed by atoms with van der Waals surface area (Å²) < 4.78 is 4.78. The highest BCUT2D eigenvalue weighted by Gasteiger charge is 2.16. The number of carbonyl (C=O) groups is 3. The van der Waals surface area contributed by atoms with Gasteiger partial charge in [0.15, 0.2) is 0 Å². The molecule has 1 aromatic carbocycles. The highest BCUT2D eigenvalue weighted by Crippen LogP contribution is 2.16. The molecule has 0 N–H and O–H groups in total. The number of hydrogen-bond acceptors (Lipinski definition) is 5. The number of aldehydes is 1. The Hall–Kier alpha value is -2.56. The van der Waals surface area contributed by atoms with Crippen LogP contribution in [0.5, 0.6) is 5.88 Å². The summed E-state index contributed by atoms with van der Waals surface area (Å²) in [5, 5.41) is 0.900. The van der Waals surface area contributed by atoms with Gasteiger partial charge in [-0.25, -0.2) is 9.78 Å². The standard InChI is InChI=1S/C13H9NO4/c15-8-7-11(16)13(17)18-12-6-5-9-3-1-2-4-10(9)14-12/h1-6,8H,7H2. The summed E-state index contributed by atoms with van der Waals surface area (Å²) in [5.74, 6) is -1.93. The van der Waals surface area contributed by atoms with Crippen LogP contribution in [-0.4, -0.2) is 23.0 Å². The molecule has 0 saturated heterocycles. The van der Waals surface area contributed by atoms with Crippen LogP contribution in [-0.2, 0) is 14.4 Å². The summed E-state index contributed by atoms with van der Waals surface area (Å²) >= 11 is 0. The van der Waals surface area contributed by atoms with Crippen LogP contribution in [0.2, 0.25) is 0 Å². The monoisotopic (exact) mass is 243 g/mol. The van der Waals surface area contributed by atoms with E-state index in [2.05, 4.69) is 4.98 Å². The number of hydrogen-bond donors (Lipinski definition) is 0. The number of ether oxygens (including phenoxy) is 1. The van der Waals surface area contributed by atoms with Crippen LogP contribution in [0.25, 0.3) is 10.9 Å². The first-order valence-corrected chi connectivity index (χ1v) is 5.25. The number of pyridine rings is 1. The fraction of sp³-hybridized carbons (Fsp3) is 0.0769. The molecular formula is C13H9NO4. The van der Waals surface area contributed by atoms with Gasteiger partial charge in [0, 0.05) is 11.5 Å². The average Bonchev–Trinajstić information content (AvgIpc) is 2.39. The predicted molar refractivity (Wildman–Crippen MR) is 63.1 cm³/mol. The van der Waals surface area contributed by atoms with Crippen molar-refractivity contribution < 1.29 is 19.1 Å². The Kier molecular flexibility index (Phi) is 3.43. The first kappa shape index (κ1) is 11.9. The van der Waals surface area contributed by atoms with Gasteiger partial charge in [0.05, 0.1) is 11.9 Å². The SMILES string of the molecule is O=CCC(=O)C(=O)Oc1ccc2ccccc2n1. The number of benzene rings is 1. The molecule has 0 unspecified atom stereocenters. The van der Waals surface area contributed by atoms with Gasteiger partial charge >= 0.3 is 5.97 Å². The first-order valence-electron chi connectivity index (χ1n) is 5.25. The molecule has 0 aliphatic rings. The third-order valence-electron chi connectivity index (χ3n) is 2.27. The number of fused-ring (bicyclic) bond motifs is 1. The van der Waals surface area contributed by atoms with Gasteiger partial charge < -0.3 is 9.53 Å². The largest absolute Gasteiger partial charge is 0.402 e. The van der Waals surface area contributed by atoms with E-state index in [0.29, 0.717) is 11.8 Å². The van der Waals surface area contributed by atoms with Crippen molar-refractivity contribution in [2.45, 2.75) is 6.42 Å². The molecule has 2 aromatic rings. The molecule has 18 heavy (non-hydrogen) atoms. The van der Waals surface area contributed by atoms with Crippen LogP contribution < -0.4 is 4.74 Å². The maximum Gasteiger partial charge on any atom is 0.381 e. The van der Waals surface area contributed by atoms with E-state index in [4.69, 9.17) is 4.74 Å². The van der Waals surface area contributed by atoms with Gasteiger partial charge in [-0.2, -0.15) is 0 Å². The summed E-state index contributed by atoms with van der Waals surface area (Å²) in [6, 6.07) is 10.5. The van der Waals surface area contributed by atoms with Crippen molar-refractivity contribution >= 4 is 28.9 Å². The molecule has 0 aliphatic carbocycles. The van der Waals surface area contributed by atoms with Gasteiger partial charge in [-0.1, -0.05) is 18.2 Å². The summed E-state index contributed by atoms with van der Waals surface area (Å²) in [4.78, 5) is 36.5. The molecule has 90 valence electrons. The van der Waals surface area contributed by atoms with Crippen LogP contribution in [0.3, 0.4) is 0 Å². The lowest BCUT2D eigenvalue weighted by atomic mass is 10.2. The van der Waals surface area contributed by atoms with Crippen molar-refractivity contribution in [3.63, 3.8) is 0 Å². The van der Waals surface area contributed by atoms with Crippen molar-refractivity contribution in [1.29, 1.82) is 0 Å². The topological polar surface area (TPSA) is 73.3 Å². The van der Waals surface area contributed by atoms with Crippen LogP contribution in [0.15, 0.2) is 36.4 Å². The lowest BCUT2D eigenvalue weighted by Gasteiger charge is -2.02. The predicted octanol–water partition coefficient (Wildman–Crippen LogP) is 1.30. The minimum Gasteiger partial charge on any atom is -0.402 e. The van der Waals surface area contributed by atoms with E-state index in [1.54, 1.807) is 18.2 Å². The average molecular weight is 243 g/mol. The zero-order chi connectivity index (χ0) is 13.0. The van der Waals surface area contributed by atoms with E-state index < -0.39 is 18.2 Å². The minimum atomic E-state index is -1.08. The number of aromatic nitrogens is 1. The van der Waals surface area contributed by atoms with E-state index in [1.165, 1.54) is 6.07 Å². The summed E-state index contributed by atoms with van der Waals surface area (Å²) in [6.07, 6.45) is -0.121. The summed E-state index contributed by atoms with van der Waals surface area (Å²) in [5.41, 5.74) is 0.658. The Labute approximate surface area is 102 Å². The number of rotatable bonds is 4. The molecule has 1 aromatic heterocycles. The first-order chi connectivity index (χ1) is 8.70. The highest BCUT2D eigenvalue weighted by molar-refractivity contribution is 6.36. The minimum absolute atomic E-state index is 0.0398. The lowest BCUT2D eigenvalue weighted by Crippen LogP contribution is -2.20. The molecule has 0 bridgehead atoms. The van der Waals surface area contributed by atoms with E-state index in [-0.39, 0.29) is 5.88 Å². The number of nitrogens with zero attached hydrogens (tertiary/aromatic N) is 1. The fourth-order valence-corrected chi connectivity index (χ4v) is 1.42. The second-order valence-electron chi connectivity index (χ2n) is 3.53. The zero-order valence-electron chi connectivity index (χ0n) is 9.33. The molecule has 0 amide bonds. The number of ketones is 1. The number of para-hydroxylation sites is 1. The number of carbonyl (C=O) groups excluding carboxylic acids is 3. The number of Topliss-reactive ketones (excluding diaryl/α,β-unsaturated/α-hetero) is 1. The summed E-state index contributed by atoms with van der Waals surface area (Å²) in [7, 11) is 0. The Morgan fingerprint density at radius 3 is 2.72 bits per heavy atom. The summed E-state index contributed by atoms with van der Waals surface area (Å²) in [6.45, 7) is 0. The molecule has 0 fully saturated rings. The molecule has 0 saturated carbocycles. The van der Waals surface area contributed by atoms with E-state index in [9.17, 15) is 14.4 Å². The van der Waals surface area contributed by atoms with Crippen LogP contribution in [0, 0.1) is 0 Å². The van der Waals surface area contributed by atoms with Crippen molar-refractivity contribution in [3.05, 3.63) is 36.4 Å². The van der Waals surface area contributed by atoms with Gasteiger partial charge in [0.2, 0.25) is 11.7 Å². The van der Waals surface area contributed by atoms with Gasteiger partial charge in [-0.15, -0.1) is 0 Å². The highest BCUT2D eigenvalue weighted by atomic mass is 16.5. The molecule has 0 atom stereocenters. The van der Waals surface area contributed by atoms with Gasteiger partial charge in [-0.3, -0.25) is 4.79 Å². The van der Waals surface area contributed by atoms with Gasteiger partial charge in [-0.05, 0) is 12.1 Å². The fourth-order valence-electron chi connectivity index (χ4n) is 1.42. The van der Waals surface area contributed by atoms with Gasteiger partial charge in [0.25, 0.3) is 0 Å². The van der Waals surface area contributed by atoms with Crippen LogP contribution >= 0.6 is 0 Å². The normalized spacial score (nSPS) is 10.0. The molecule has 0 spiro atoms. The molecule has 0 aliphatic heterocycles. The third-order valence-corrected chi connectivity index (χ3v) is 2.27. The van der Waals surface area contributed by atoms with Crippen molar-refractivity contribution in [2.75, 3.05) is 0 Å². The van der Waals surface area contributed by atoms with Gasteiger partial charge in [0.1, 0.15) is 6.29 Å². The van der Waals surface area contributed by atoms with Crippen LogP contribution in [0.1, 0.15) is 6.42 Å². The number of esters is 1. The Balaban J connectivity index is 2.19. The molecule has 1 heterocycles. The molecule has 5 nitrogen and oxygen atoms in total. The zero-order valence-corrected chi connectivity index (χ0v) is 9.33. The van der Waals surface area contributed by atoms with Crippen molar-refractivity contribution in [2.24, 2.45) is 0 Å². The maximum atomic E-state index is 11.3. The van der Waals surface area contributed by atoms with E-state index >= 15 is 0 Å². The smallest absolute Gasteiger partial charge is 0.381 e. The van der Waals surface area contributed by atoms with E-state index in [0.717, 1.165) is 5.39 Å². The Morgan fingerprint density at radius 2 is 1.94 bits per heavy atom. The Morgan fingerprint density at radius 1 is 1.17 bits per heavy atom. The van der Waals surface area contributed by atoms with E-state index in [1.807, 2.05) is 12.1 Å². The maximum absolute atomic E-state index is 11.3. The quantitative estimate of drug-likeness (QED) is 0.350. The second-order valence-corrected chi connectivity index (χ2v) is 3.53.